The number of hydrogen-bond donors (Lipinski definition) is 0. The lowest BCUT2D eigenvalue weighted by atomic mass is 9.79. The monoisotopic (exact) mass is 328 g/mol. The largest absolute Gasteiger partial charge is 0.563 e. The predicted octanol–water partition coefficient (Wildman–Crippen LogP) is 1.78. The molecule has 1 aromatic carbocycles. The minimum atomic E-state index is -0.453. The molecule has 24 heavy (non-hydrogen) atoms. The molecule has 2 aliphatic rings. The van der Waals surface area contributed by atoms with Gasteiger partial charge in [0.05, 0.1) is 5.76 Å². The fourth-order valence-electron chi connectivity index (χ4n) is 3.04. The Morgan fingerprint density at radius 1 is 1.21 bits per heavy atom. The summed E-state index contributed by atoms with van der Waals surface area (Å²) >= 11 is 0. The number of carbonyl (C=O) groups excluding carboxylic acids is 1. The van der Waals surface area contributed by atoms with E-state index in [0.29, 0.717) is 12.2 Å². The first-order valence-corrected chi connectivity index (χ1v) is 8.57. The van der Waals surface area contributed by atoms with Crippen molar-refractivity contribution in [2.45, 2.75) is 32.8 Å². The molecule has 2 heterocycles. The number of anilines is 1. The van der Waals surface area contributed by atoms with Gasteiger partial charge in [-0.25, -0.2) is 0 Å². The third kappa shape index (κ3) is 3.29. The van der Waals surface area contributed by atoms with Gasteiger partial charge in [0.2, 0.25) is 5.91 Å². The summed E-state index contributed by atoms with van der Waals surface area (Å²) in [5, 5.41) is 0. The van der Waals surface area contributed by atoms with E-state index in [-0.39, 0.29) is 13.0 Å². The van der Waals surface area contributed by atoms with Crippen LogP contribution in [0.2, 0.25) is 0 Å². The van der Waals surface area contributed by atoms with Gasteiger partial charge in [0.1, 0.15) is 5.60 Å². The van der Waals surface area contributed by atoms with Crippen molar-refractivity contribution in [2.24, 2.45) is 0 Å². The predicted molar refractivity (Wildman–Crippen MR) is 96.3 cm³/mol. The van der Waals surface area contributed by atoms with Gasteiger partial charge < -0.3 is 19.1 Å². The van der Waals surface area contributed by atoms with Gasteiger partial charge in [-0.3, -0.25) is 4.79 Å². The Labute approximate surface area is 144 Å². The van der Waals surface area contributed by atoms with Crippen LogP contribution in [0, 0.1) is 0 Å². The summed E-state index contributed by atoms with van der Waals surface area (Å²) in [6, 6.07) is 8.26. The Balaban J connectivity index is 1.62. The minimum Gasteiger partial charge on any atom is -0.534 e. The number of benzene rings is 1. The first kappa shape index (κ1) is 16.9. The van der Waals surface area contributed by atoms with E-state index < -0.39 is 5.60 Å². The maximum absolute atomic E-state index is 11.8. The Morgan fingerprint density at radius 2 is 1.83 bits per heavy atom. The molecule has 2 fully saturated rings. The number of amides is 1. The average Bonchev–Trinajstić information content (AvgIpc) is 2.87. The van der Waals surface area contributed by atoms with Crippen molar-refractivity contribution in [1.29, 1.82) is 0 Å². The SMILES string of the molecule is C=C1OB(c2ccc(N3CCN(C(=O)CC)CC3)cc2)OC1(C)C. The lowest BCUT2D eigenvalue weighted by Crippen LogP contribution is -2.48. The van der Waals surface area contributed by atoms with Gasteiger partial charge in [-0.2, -0.15) is 0 Å². The quantitative estimate of drug-likeness (QED) is 0.794. The van der Waals surface area contributed by atoms with Crippen molar-refractivity contribution in [3.63, 3.8) is 0 Å². The van der Waals surface area contributed by atoms with E-state index in [2.05, 4.69) is 23.6 Å². The highest BCUT2D eigenvalue weighted by Gasteiger charge is 2.42. The molecule has 0 atom stereocenters. The van der Waals surface area contributed by atoms with Gasteiger partial charge in [0.15, 0.2) is 0 Å². The number of carbonyl (C=O) groups is 1. The van der Waals surface area contributed by atoms with Crippen molar-refractivity contribution < 1.29 is 14.1 Å². The van der Waals surface area contributed by atoms with Crippen molar-refractivity contribution >= 4 is 24.2 Å². The van der Waals surface area contributed by atoms with Crippen LogP contribution in [0.5, 0.6) is 0 Å². The molecule has 0 N–H and O–H groups in total. The number of rotatable bonds is 3. The molecule has 128 valence electrons. The second kappa shape index (κ2) is 6.51. The summed E-state index contributed by atoms with van der Waals surface area (Å²) in [5.41, 5.74) is 1.70. The molecule has 0 unspecified atom stereocenters. The summed E-state index contributed by atoms with van der Waals surface area (Å²) < 4.78 is 11.6. The van der Waals surface area contributed by atoms with Crippen molar-refractivity contribution in [3.05, 3.63) is 36.6 Å². The molecule has 1 aromatic rings. The Hall–Kier alpha value is -1.95. The summed E-state index contributed by atoms with van der Waals surface area (Å²) in [7, 11) is -0.388. The first-order chi connectivity index (χ1) is 11.4. The molecular formula is C18H25BN2O3. The van der Waals surface area contributed by atoms with Gasteiger partial charge in [-0.05, 0) is 31.4 Å². The third-order valence-electron chi connectivity index (χ3n) is 4.79. The molecule has 0 aromatic heterocycles. The second-order valence-electron chi connectivity index (χ2n) is 6.81. The van der Waals surface area contributed by atoms with Crippen LogP contribution < -0.4 is 10.4 Å². The molecular weight excluding hydrogens is 303 g/mol. The lowest BCUT2D eigenvalue weighted by molar-refractivity contribution is -0.131. The van der Waals surface area contributed by atoms with Crippen molar-refractivity contribution in [2.75, 3.05) is 31.1 Å². The maximum atomic E-state index is 11.8. The zero-order valence-corrected chi connectivity index (χ0v) is 14.7. The molecule has 0 bridgehead atoms. The molecule has 1 amide bonds. The summed E-state index contributed by atoms with van der Waals surface area (Å²) in [5.74, 6) is 0.900. The highest BCUT2D eigenvalue weighted by Crippen LogP contribution is 2.29. The van der Waals surface area contributed by atoms with E-state index in [1.165, 1.54) is 5.69 Å². The molecule has 2 aliphatic heterocycles. The van der Waals surface area contributed by atoms with Crippen LogP contribution in [0.3, 0.4) is 0 Å². The molecule has 0 radical (unpaired) electrons. The topological polar surface area (TPSA) is 42.0 Å². The Kier molecular flexibility index (Phi) is 4.59. The van der Waals surface area contributed by atoms with Gasteiger partial charge >= 0.3 is 7.12 Å². The van der Waals surface area contributed by atoms with Crippen LogP contribution >= 0.6 is 0 Å². The molecule has 5 nitrogen and oxygen atoms in total. The third-order valence-corrected chi connectivity index (χ3v) is 4.79. The van der Waals surface area contributed by atoms with Crippen LogP contribution in [-0.2, 0) is 14.1 Å². The minimum absolute atomic E-state index is 0.239. The van der Waals surface area contributed by atoms with Gasteiger partial charge in [0, 0.05) is 38.3 Å². The van der Waals surface area contributed by atoms with Crippen LogP contribution in [0.1, 0.15) is 27.2 Å². The summed E-state index contributed by atoms with van der Waals surface area (Å²) in [4.78, 5) is 16.0. The number of hydrogen-bond acceptors (Lipinski definition) is 4. The first-order valence-electron chi connectivity index (χ1n) is 8.57. The zero-order valence-electron chi connectivity index (χ0n) is 14.7. The standard InChI is InChI=1S/C18H25BN2O3/c1-5-17(22)21-12-10-20(11-13-21)16-8-6-15(7-9-16)19-23-14(2)18(3,4)24-19/h6-9H,2,5,10-13H2,1,3-4H3. The summed E-state index contributed by atoms with van der Waals surface area (Å²) in [6.07, 6.45) is 0.581. The van der Waals surface area contributed by atoms with Crippen LogP contribution in [-0.4, -0.2) is 49.7 Å². The van der Waals surface area contributed by atoms with Crippen LogP contribution in [0.15, 0.2) is 36.6 Å². The van der Waals surface area contributed by atoms with Gasteiger partial charge in [-0.15, -0.1) is 0 Å². The molecule has 3 rings (SSSR count). The van der Waals surface area contributed by atoms with E-state index in [9.17, 15) is 4.79 Å². The van der Waals surface area contributed by atoms with Crippen LogP contribution in [0.25, 0.3) is 0 Å². The van der Waals surface area contributed by atoms with Gasteiger partial charge in [-0.1, -0.05) is 25.6 Å². The molecule has 2 saturated heterocycles. The van der Waals surface area contributed by atoms with Gasteiger partial charge in [0.25, 0.3) is 0 Å². The molecule has 0 spiro atoms. The highest BCUT2D eigenvalue weighted by molar-refractivity contribution is 6.62. The zero-order chi connectivity index (χ0) is 17.3. The van der Waals surface area contributed by atoms with Crippen LogP contribution in [0.4, 0.5) is 5.69 Å². The fraction of sp³-hybridized carbons (Fsp3) is 0.500. The normalized spacial score (nSPS) is 20.3. The Morgan fingerprint density at radius 3 is 2.33 bits per heavy atom. The second-order valence-corrected chi connectivity index (χ2v) is 6.81. The summed E-state index contributed by atoms with van der Waals surface area (Å²) in [6.45, 7) is 13.1. The molecule has 0 saturated carbocycles. The number of piperazine rings is 1. The Bertz CT molecular complexity index is 622. The number of nitrogens with zero attached hydrogens (tertiary/aromatic N) is 2. The van der Waals surface area contributed by atoms with E-state index >= 15 is 0 Å². The fourth-order valence-corrected chi connectivity index (χ4v) is 3.04. The molecule has 0 aliphatic carbocycles. The van der Waals surface area contributed by atoms with E-state index in [1.54, 1.807) is 0 Å². The maximum Gasteiger partial charge on any atom is 0.563 e. The van der Waals surface area contributed by atoms with E-state index in [0.717, 1.165) is 31.6 Å². The van der Waals surface area contributed by atoms with Crippen molar-refractivity contribution in [3.8, 4) is 0 Å². The smallest absolute Gasteiger partial charge is 0.534 e. The highest BCUT2D eigenvalue weighted by atomic mass is 16.7. The molecule has 6 heteroatoms. The van der Waals surface area contributed by atoms with Crippen molar-refractivity contribution in [1.82, 2.24) is 4.90 Å². The lowest BCUT2D eigenvalue weighted by Gasteiger charge is -2.36. The van der Waals surface area contributed by atoms with E-state index in [1.807, 2.05) is 37.8 Å². The van der Waals surface area contributed by atoms with E-state index in [4.69, 9.17) is 9.31 Å². The average molecular weight is 328 g/mol.